The van der Waals surface area contributed by atoms with E-state index in [0.717, 1.165) is 28.8 Å². The molecule has 2 aliphatic heterocycles. The summed E-state index contributed by atoms with van der Waals surface area (Å²) in [5.74, 6) is -0.383. The van der Waals surface area contributed by atoms with Crippen LogP contribution in [0.1, 0.15) is 6.92 Å². The minimum atomic E-state index is -1.05. The molecule has 0 saturated carbocycles. The van der Waals surface area contributed by atoms with E-state index >= 15 is 0 Å². The molecule has 0 spiro atoms. The molecule has 0 atom stereocenters. The first kappa shape index (κ1) is 13.7. The zero-order valence-corrected chi connectivity index (χ0v) is 12.2. The molecular weight excluding hydrogens is 292 g/mol. The molecule has 2 fully saturated rings. The maximum absolute atomic E-state index is 12.2. The quantitative estimate of drug-likeness (QED) is 0.620. The van der Waals surface area contributed by atoms with Crippen molar-refractivity contribution in [3.63, 3.8) is 0 Å². The van der Waals surface area contributed by atoms with Crippen molar-refractivity contribution < 1.29 is 14.7 Å². The Morgan fingerprint density at radius 3 is 2.89 bits per heavy atom. The first-order valence-corrected chi connectivity index (χ1v) is 7.63. The van der Waals surface area contributed by atoms with E-state index in [2.05, 4.69) is 4.90 Å². The summed E-state index contributed by atoms with van der Waals surface area (Å²) in [5.41, 5.74) is 0. The summed E-state index contributed by atoms with van der Waals surface area (Å²) in [6.07, 6.45) is 0. The van der Waals surface area contributed by atoms with Gasteiger partial charge >= 0.3 is 5.97 Å². The first-order chi connectivity index (χ1) is 8.54. The molecule has 2 rings (SSSR count). The van der Waals surface area contributed by atoms with Gasteiger partial charge in [0.1, 0.15) is 15.8 Å². The number of carboxylic acids is 1. The lowest BCUT2D eigenvalue weighted by molar-refractivity contribution is -0.140. The van der Waals surface area contributed by atoms with Crippen LogP contribution in [0.2, 0.25) is 0 Å². The van der Waals surface area contributed by atoms with Gasteiger partial charge in [-0.1, -0.05) is 24.0 Å². The Hall–Kier alpha value is -0.730. The van der Waals surface area contributed by atoms with Gasteiger partial charge in [0.25, 0.3) is 5.91 Å². The van der Waals surface area contributed by atoms with Crippen molar-refractivity contribution in [2.75, 3.05) is 25.4 Å². The SMILES string of the molecule is CCN1CCS/C1=C1\SC(=S)N(CC(=O)O)C1=O. The van der Waals surface area contributed by atoms with Gasteiger partial charge in [0, 0.05) is 18.8 Å². The second-order valence-corrected chi connectivity index (χ2v) is 6.44. The number of thioether (sulfide) groups is 2. The zero-order valence-electron chi connectivity index (χ0n) is 9.71. The lowest BCUT2D eigenvalue weighted by Gasteiger charge is -2.17. The molecule has 0 aromatic rings. The van der Waals surface area contributed by atoms with Crippen molar-refractivity contribution >= 4 is 51.9 Å². The molecular formula is C10H12N2O3S3. The third kappa shape index (κ3) is 2.50. The number of nitrogens with zero attached hydrogens (tertiary/aromatic N) is 2. The van der Waals surface area contributed by atoms with Gasteiger partial charge in [0.15, 0.2) is 0 Å². The monoisotopic (exact) mass is 304 g/mol. The summed E-state index contributed by atoms with van der Waals surface area (Å²) in [4.78, 5) is 26.7. The molecule has 5 nitrogen and oxygen atoms in total. The highest BCUT2D eigenvalue weighted by atomic mass is 32.2. The average molecular weight is 304 g/mol. The number of thiocarbonyl (C=S) groups is 1. The van der Waals surface area contributed by atoms with Crippen LogP contribution >= 0.6 is 35.7 Å². The normalized spacial score (nSPS) is 24.3. The highest BCUT2D eigenvalue weighted by Crippen LogP contribution is 2.40. The molecule has 98 valence electrons. The Labute approximate surface area is 119 Å². The number of carboxylic acid groups (broad SMARTS) is 1. The molecule has 2 heterocycles. The fourth-order valence-electron chi connectivity index (χ4n) is 1.75. The van der Waals surface area contributed by atoms with Crippen LogP contribution < -0.4 is 0 Å². The molecule has 2 saturated heterocycles. The van der Waals surface area contributed by atoms with Crippen LogP contribution in [0, 0.1) is 0 Å². The van der Waals surface area contributed by atoms with Crippen LogP contribution in [-0.2, 0) is 9.59 Å². The third-order valence-electron chi connectivity index (χ3n) is 2.61. The Bertz CT molecular complexity index is 450. The fourth-order valence-corrected chi connectivity index (χ4v) is 4.43. The summed E-state index contributed by atoms with van der Waals surface area (Å²) in [6, 6.07) is 0. The minimum absolute atomic E-state index is 0.282. The molecule has 0 bridgehead atoms. The van der Waals surface area contributed by atoms with Crippen molar-refractivity contribution in [2.45, 2.75) is 6.92 Å². The molecule has 0 unspecified atom stereocenters. The standard InChI is InChI=1S/C10H12N2O3S3/c1-2-11-3-4-17-9(11)7-8(15)12(5-6(13)14)10(16)18-7/h2-5H2,1H3,(H,13,14)/b9-7-. The van der Waals surface area contributed by atoms with E-state index in [1.807, 2.05) is 6.92 Å². The fraction of sp³-hybridized carbons (Fsp3) is 0.500. The molecule has 2 aliphatic rings. The topological polar surface area (TPSA) is 60.9 Å². The molecule has 0 aromatic heterocycles. The van der Waals surface area contributed by atoms with Crippen LogP contribution in [0.25, 0.3) is 0 Å². The number of carbonyl (C=O) groups excluding carboxylic acids is 1. The third-order valence-corrected chi connectivity index (χ3v) is 5.29. The van der Waals surface area contributed by atoms with Gasteiger partial charge in [0.2, 0.25) is 0 Å². The second kappa shape index (κ2) is 5.50. The second-order valence-electron chi connectivity index (χ2n) is 3.72. The van der Waals surface area contributed by atoms with Gasteiger partial charge in [-0.2, -0.15) is 0 Å². The molecule has 0 aromatic carbocycles. The molecule has 0 radical (unpaired) electrons. The van der Waals surface area contributed by atoms with Crippen LogP contribution in [0.5, 0.6) is 0 Å². The van der Waals surface area contributed by atoms with E-state index in [1.165, 1.54) is 11.8 Å². The minimum Gasteiger partial charge on any atom is -0.480 e. The number of rotatable bonds is 3. The Kier molecular flexibility index (Phi) is 4.18. The van der Waals surface area contributed by atoms with Crippen molar-refractivity contribution in [3.05, 3.63) is 9.93 Å². The number of carbonyl (C=O) groups is 2. The van der Waals surface area contributed by atoms with Crippen LogP contribution in [0.3, 0.4) is 0 Å². The average Bonchev–Trinajstić information content (AvgIpc) is 2.88. The number of aliphatic carboxylic acids is 1. The Balaban J connectivity index is 2.27. The molecule has 1 N–H and O–H groups in total. The van der Waals surface area contributed by atoms with Crippen molar-refractivity contribution in [2.24, 2.45) is 0 Å². The highest BCUT2D eigenvalue weighted by Gasteiger charge is 2.37. The summed E-state index contributed by atoms with van der Waals surface area (Å²) in [6.45, 7) is 3.42. The van der Waals surface area contributed by atoms with Gasteiger partial charge in [-0.15, -0.1) is 11.8 Å². The summed E-state index contributed by atoms with van der Waals surface area (Å²) in [5, 5.41) is 9.70. The van der Waals surface area contributed by atoms with Gasteiger partial charge in [0.05, 0.1) is 5.03 Å². The summed E-state index contributed by atoms with van der Waals surface area (Å²) in [7, 11) is 0. The van der Waals surface area contributed by atoms with Crippen molar-refractivity contribution in [1.29, 1.82) is 0 Å². The first-order valence-electron chi connectivity index (χ1n) is 5.42. The van der Waals surface area contributed by atoms with Gasteiger partial charge in [-0.3, -0.25) is 14.5 Å². The van der Waals surface area contributed by atoms with Crippen molar-refractivity contribution in [3.8, 4) is 0 Å². The van der Waals surface area contributed by atoms with E-state index in [0.29, 0.717) is 9.23 Å². The summed E-state index contributed by atoms with van der Waals surface area (Å²) < 4.78 is 0.327. The van der Waals surface area contributed by atoms with Crippen LogP contribution in [0.15, 0.2) is 9.93 Å². The molecule has 1 amide bonds. The predicted molar refractivity (Wildman–Crippen MR) is 76.3 cm³/mol. The van der Waals surface area contributed by atoms with Crippen LogP contribution in [0.4, 0.5) is 0 Å². The maximum atomic E-state index is 12.2. The van der Waals surface area contributed by atoms with Crippen LogP contribution in [-0.4, -0.2) is 56.5 Å². The lowest BCUT2D eigenvalue weighted by Crippen LogP contribution is -2.33. The van der Waals surface area contributed by atoms with E-state index in [-0.39, 0.29) is 12.5 Å². The number of hydrogen-bond donors (Lipinski definition) is 1. The van der Waals surface area contributed by atoms with E-state index in [1.54, 1.807) is 11.8 Å². The predicted octanol–water partition coefficient (Wildman–Crippen LogP) is 1.17. The van der Waals surface area contributed by atoms with Gasteiger partial charge in [-0.05, 0) is 6.92 Å². The van der Waals surface area contributed by atoms with E-state index in [9.17, 15) is 9.59 Å². The number of amides is 1. The van der Waals surface area contributed by atoms with Gasteiger partial charge in [-0.25, -0.2) is 0 Å². The zero-order chi connectivity index (χ0) is 13.3. The summed E-state index contributed by atoms with van der Waals surface area (Å²) >= 11 is 7.90. The largest absolute Gasteiger partial charge is 0.480 e. The number of hydrogen-bond acceptors (Lipinski definition) is 6. The highest BCUT2D eigenvalue weighted by molar-refractivity contribution is 8.27. The van der Waals surface area contributed by atoms with Gasteiger partial charge < -0.3 is 10.0 Å². The lowest BCUT2D eigenvalue weighted by atomic mass is 10.4. The Morgan fingerprint density at radius 1 is 1.56 bits per heavy atom. The smallest absolute Gasteiger partial charge is 0.323 e. The molecule has 0 aliphatic carbocycles. The molecule has 8 heteroatoms. The molecule has 18 heavy (non-hydrogen) atoms. The van der Waals surface area contributed by atoms with E-state index in [4.69, 9.17) is 17.3 Å². The Morgan fingerprint density at radius 2 is 2.28 bits per heavy atom. The van der Waals surface area contributed by atoms with E-state index < -0.39 is 5.97 Å². The van der Waals surface area contributed by atoms with Crippen molar-refractivity contribution in [1.82, 2.24) is 9.80 Å². The maximum Gasteiger partial charge on any atom is 0.323 e.